The maximum absolute atomic E-state index is 11.1. The Morgan fingerprint density at radius 3 is 2.81 bits per heavy atom. The third-order valence-electron chi connectivity index (χ3n) is 2.61. The van der Waals surface area contributed by atoms with Gasteiger partial charge in [-0.2, -0.15) is 0 Å². The largest absolute Gasteiger partial charge is 0.469 e. The molecule has 0 aliphatic carbocycles. The molecule has 90 valence electrons. The van der Waals surface area contributed by atoms with Crippen LogP contribution in [0.1, 0.15) is 32.4 Å². The summed E-state index contributed by atoms with van der Waals surface area (Å²) in [6, 6.07) is 0. The fourth-order valence-corrected chi connectivity index (χ4v) is 1.76. The van der Waals surface area contributed by atoms with Gasteiger partial charge in [-0.05, 0) is 13.3 Å². The van der Waals surface area contributed by atoms with Crippen LogP contribution in [0.3, 0.4) is 0 Å². The van der Waals surface area contributed by atoms with Crippen LogP contribution in [0, 0.1) is 0 Å². The smallest absolute Gasteiger partial charge is 0.305 e. The molecular formula is C12H21N2O2+. The highest BCUT2D eigenvalue weighted by atomic mass is 16.5. The first kappa shape index (κ1) is 12.7. The number of ether oxygens (including phenoxy) is 1. The van der Waals surface area contributed by atoms with Crippen molar-refractivity contribution in [3.8, 4) is 0 Å². The van der Waals surface area contributed by atoms with Crippen LogP contribution in [0.15, 0.2) is 12.5 Å². The first-order valence-corrected chi connectivity index (χ1v) is 5.86. The molecule has 4 nitrogen and oxygen atoms in total. The van der Waals surface area contributed by atoms with Gasteiger partial charge in [0.1, 0.15) is 11.9 Å². The molecule has 0 aliphatic heterocycles. The van der Waals surface area contributed by atoms with E-state index in [9.17, 15) is 4.79 Å². The molecule has 0 radical (unpaired) electrons. The Labute approximate surface area is 96.8 Å². The minimum atomic E-state index is -0.147. The Bertz CT molecular complexity index is 345. The SMILES string of the molecule is CCCn1cc(CCC(=O)OC)[n+](CC)c1. The van der Waals surface area contributed by atoms with E-state index in [1.54, 1.807) is 0 Å². The van der Waals surface area contributed by atoms with Crippen molar-refractivity contribution in [2.45, 2.75) is 46.2 Å². The Hall–Kier alpha value is -1.32. The molecule has 0 aromatic carbocycles. The zero-order chi connectivity index (χ0) is 12.0. The van der Waals surface area contributed by atoms with Gasteiger partial charge in [0.2, 0.25) is 6.33 Å². The quantitative estimate of drug-likeness (QED) is 0.540. The van der Waals surface area contributed by atoms with E-state index in [1.165, 1.54) is 12.8 Å². The number of carbonyl (C=O) groups excluding carboxylic acids is 1. The molecule has 0 spiro atoms. The Kier molecular flexibility index (Phi) is 5.02. The molecule has 0 atom stereocenters. The molecule has 16 heavy (non-hydrogen) atoms. The summed E-state index contributed by atoms with van der Waals surface area (Å²) in [7, 11) is 1.43. The number of methoxy groups -OCH3 is 1. The highest BCUT2D eigenvalue weighted by Gasteiger charge is 2.13. The topological polar surface area (TPSA) is 35.1 Å². The van der Waals surface area contributed by atoms with Gasteiger partial charge < -0.3 is 4.74 Å². The maximum Gasteiger partial charge on any atom is 0.305 e. The van der Waals surface area contributed by atoms with E-state index in [0.717, 1.165) is 25.9 Å². The van der Waals surface area contributed by atoms with Crippen LogP contribution in [-0.4, -0.2) is 17.6 Å². The van der Waals surface area contributed by atoms with Crippen molar-refractivity contribution >= 4 is 5.97 Å². The number of carbonyl (C=O) groups is 1. The lowest BCUT2D eigenvalue weighted by molar-refractivity contribution is -0.700. The van der Waals surface area contributed by atoms with E-state index in [1.807, 2.05) is 0 Å². The van der Waals surface area contributed by atoms with Gasteiger partial charge in [0.15, 0.2) is 0 Å². The molecule has 1 aromatic rings. The lowest BCUT2D eigenvalue weighted by Crippen LogP contribution is -2.34. The fourth-order valence-electron chi connectivity index (χ4n) is 1.76. The van der Waals surface area contributed by atoms with Crippen LogP contribution in [0.4, 0.5) is 0 Å². The van der Waals surface area contributed by atoms with Gasteiger partial charge in [-0.15, -0.1) is 0 Å². The second-order valence-electron chi connectivity index (χ2n) is 3.84. The molecule has 0 bridgehead atoms. The number of esters is 1. The van der Waals surface area contributed by atoms with Crippen LogP contribution in [-0.2, 0) is 29.0 Å². The molecule has 0 aliphatic rings. The molecule has 1 heterocycles. The number of hydrogen-bond acceptors (Lipinski definition) is 2. The zero-order valence-electron chi connectivity index (χ0n) is 10.4. The molecule has 4 heteroatoms. The van der Waals surface area contributed by atoms with Gasteiger partial charge in [0.05, 0.1) is 26.6 Å². The van der Waals surface area contributed by atoms with E-state index < -0.39 is 0 Å². The molecule has 1 rings (SSSR count). The number of hydrogen-bond donors (Lipinski definition) is 0. The lowest BCUT2D eigenvalue weighted by Gasteiger charge is -1.97. The zero-order valence-corrected chi connectivity index (χ0v) is 10.4. The van der Waals surface area contributed by atoms with Crippen LogP contribution in [0.25, 0.3) is 0 Å². The molecule has 1 aromatic heterocycles. The number of aryl methyl sites for hydroxylation is 3. The van der Waals surface area contributed by atoms with Gasteiger partial charge in [-0.1, -0.05) is 6.92 Å². The number of nitrogens with zero attached hydrogens (tertiary/aromatic N) is 2. The van der Waals surface area contributed by atoms with Crippen molar-refractivity contribution in [1.29, 1.82) is 0 Å². The van der Waals surface area contributed by atoms with Gasteiger partial charge in [0.25, 0.3) is 0 Å². The summed E-state index contributed by atoms with van der Waals surface area (Å²) in [5.74, 6) is -0.147. The highest BCUT2D eigenvalue weighted by Crippen LogP contribution is 2.01. The molecule has 0 unspecified atom stereocenters. The van der Waals surface area contributed by atoms with Crippen molar-refractivity contribution in [1.82, 2.24) is 4.57 Å². The summed E-state index contributed by atoms with van der Waals surface area (Å²) in [5, 5.41) is 0. The monoisotopic (exact) mass is 225 g/mol. The van der Waals surface area contributed by atoms with Crippen molar-refractivity contribution in [2.75, 3.05) is 7.11 Å². The summed E-state index contributed by atoms with van der Waals surface area (Å²) in [5.41, 5.74) is 1.20. The average Bonchev–Trinajstić information content (AvgIpc) is 2.68. The summed E-state index contributed by atoms with van der Waals surface area (Å²) in [4.78, 5) is 11.1. The van der Waals surface area contributed by atoms with E-state index in [-0.39, 0.29) is 5.97 Å². The first-order chi connectivity index (χ1) is 7.71. The summed E-state index contributed by atoms with van der Waals surface area (Å²) >= 11 is 0. The number of imidazole rings is 1. The molecule has 0 fully saturated rings. The molecule has 0 saturated carbocycles. The van der Waals surface area contributed by atoms with Crippen molar-refractivity contribution < 1.29 is 14.1 Å². The number of aromatic nitrogens is 2. The lowest BCUT2D eigenvalue weighted by atomic mass is 10.2. The van der Waals surface area contributed by atoms with Crippen LogP contribution >= 0.6 is 0 Å². The van der Waals surface area contributed by atoms with E-state index in [2.05, 4.69) is 40.2 Å². The first-order valence-electron chi connectivity index (χ1n) is 5.86. The predicted molar refractivity (Wildman–Crippen MR) is 60.9 cm³/mol. The average molecular weight is 225 g/mol. The maximum atomic E-state index is 11.1. The Morgan fingerprint density at radius 1 is 1.50 bits per heavy atom. The summed E-state index contributed by atoms with van der Waals surface area (Å²) in [6.45, 7) is 6.23. The van der Waals surface area contributed by atoms with Gasteiger partial charge in [-0.25, -0.2) is 9.13 Å². The van der Waals surface area contributed by atoms with E-state index >= 15 is 0 Å². The molecule has 0 saturated heterocycles. The Morgan fingerprint density at radius 2 is 2.25 bits per heavy atom. The minimum Gasteiger partial charge on any atom is -0.469 e. The van der Waals surface area contributed by atoms with Gasteiger partial charge in [0, 0.05) is 6.42 Å². The Balaban J connectivity index is 2.66. The normalized spacial score (nSPS) is 10.4. The van der Waals surface area contributed by atoms with Gasteiger partial charge >= 0.3 is 5.97 Å². The number of rotatable bonds is 6. The molecule has 0 amide bonds. The predicted octanol–water partition coefficient (Wildman–Crippen LogP) is 1.31. The standard InChI is InChI=1S/C12H21N2O2/c1-4-8-13-9-11(14(5-2)10-13)6-7-12(15)16-3/h9-10H,4-8H2,1-3H3/q+1. The highest BCUT2D eigenvalue weighted by molar-refractivity contribution is 5.69. The van der Waals surface area contributed by atoms with Crippen molar-refractivity contribution in [3.63, 3.8) is 0 Å². The van der Waals surface area contributed by atoms with Crippen molar-refractivity contribution in [3.05, 3.63) is 18.2 Å². The third-order valence-corrected chi connectivity index (χ3v) is 2.61. The second-order valence-corrected chi connectivity index (χ2v) is 3.84. The van der Waals surface area contributed by atoms with E-state index in [0.29, 0.717) is 6.42 Å². The molecule has 0 N–H and O–H groups in total. The summed E-state index contributed by atoms with van der Waals surface area (Å²) in [6.07, 6.45) is 6.55. The minimum absolute atomic E-state index is 0.147. The van der Waals surface area contributed by atoms with Crippen LogP contribution in [0.5, 0.6) is 0 Å². The third kappa shape index (κ3) is 3.36. The second kappa shape index (κ2) is 6.30. The fraction of sp³-hybridized carbons (Fsp3) is 0.667. The van der Waals surface area contributed by atoms with Crippen LogP contribution in [0.2, 0.25) is 0 Å². The van der Waals surface area contributed by atoms with Crippen molar-refractivity contribution in [2.24, 2.45) is 0 Å². The van der Waals surface area contributed by atoms with Crippen LogP contribution < -0.4 is 4.57 Å². The van der Waals surface area contributed by atoms with E-state index in [4.69, 9.17) is 0 Å². The molecular weight excluding hydrogens is 204 g/mol. The van der Waals surface area contributed by atoms with Gasteiger partial charge in [-0.3, -0.25) is 4.79 Å². The summed E-state index contributed by atoms with van der Waals surface area (Å²) < 4.78 is 9.00.